The summed E-state index contributed by atoms with van der Waals surface area (Å²) in [5.74, 6) is -0.328. The molecule has 2 amide bonds. The van der Waals surface area contributed by atoms with E-state index in [1.165, 1.54) is 4.90 Å². The van der Waals surface area contributed by atoms with Crippen molar-refractivity contribution in [1.82, 2.24) is 25.0 Å². The zero-order valence-electron chi connectivity index (χ0n) is 10.5. The van der Waals surface area contributed by atoms with Crippen molar-refractivity contribution < 1.29 is 14.7 Å². The Morgan fingerprint density at radius 3 is 2.83 bits per heavy atom. The average molecular weight is 255 g/mol. The first-order valence-corrected chi connectivity index (χ1v) is 5.54. The fourth-order valence-corrected chi connectivity index (χ4v) is 1.32. The molecule has 0 saturated heterocycles. The minimum Gasteiger partial charge on any atom is -0.481 e. The summed E-state index contributed by atoms with van der Waals surface area (Å²) in [4.78, 5) is 27.3. The standard InChI is InChI=1S/C10H17N5O3/c1-14(5-3-4-9(16)17)10(18)11-6-8-12-7-15(2)13-8/h7H,3-6H2,1-2H3,(H,11,18)(H,16,17). The molecule has 0 aliphatic heterocycles. The van der Waals surface area contributed by atoms with E-state index in [1.807, 2.05) is 0 Å². The van der Waals surface area contributed by atoms with E-state index in [9.17, 15) is 9.59 Å². The van der Waals surface area contributed by atoms with Gasteiger partial charge in [-0.1, -0.05) is 0 Å². The van der Waals surface area contributed by atoms with Gasteiger partial charge in [-0.3, -0.25) is 9.48 Å². The molecular formula is C10H17N5O3. The number of aromatic nitrogens is 3. The predicted molar refractivity (Wildman–Crippen MR) is 62.7 cm³/mol. The van der Waals surface area contributed by atoms with E-state index < -0.39 is 5.97 Å². The van der Waals surface area contributed by atoms with E-state index >= 15 is 0 Å². The number of carboxylic acid groups (broad SMARTS) is 1. The van der Waals surface area contributed by atoms with Crippen LogP contribution in [0.5, 0.6) is 0 Å². The molecule has 8 nitrogen and oxygen atoms in total. The van der Waals surface area contributed by atoms with E-state index in [2.05, 4.69) is 15.4 Å². The number of hydrogen-bond donors (Lipinski definition) is 2. The van der Waals surface area contributed by atoms with Crippen LogP contribution in [-0.2, 0) is 18.4 Å². The van der Waals surface area contributed by atoms with Crippen LogP contribution < -0.4 is 5.32 Å². The van der Waals surface area contributed by atoms with Crippen molar-refractivity contribution >= 4 is 12.0 Å². The molecule has 0 saturated carbocycles. The van der Waals surface area contributed by atoms with Crippen molar-refractivity contribution in [3.05, 3.63) is 12.2 Å². The van der Waals surface area contributed by atoms with Crippen LogP contribution in [0.4, 0.5) is 4.79 Å². The number of amides is 2. The Hall–Kier alpha value is -2.12. The van der Waals surface area contributed by atoms with Gasteiger partial charge in [0.1, 0.15) is 6.33 Å². The molecule has 0 unspecified atom stereocenters. The number of aliphatic carboxylic acids is 1. The third kappa shape index (κ3) is 4.81. The van der Waals surface area contributed by atoms with E-state index in [0.29, 0.717) is 18.8 Å². The first kappa shape index (κ1) is 13.9. The second-order valence-electron chi connectivity index (χ2n) is 3.91. The maximum atomic E-state index is 11.6. The minimum absolute atomic E-state index is 0.0550. The molecule has 0 atom stereocenters. The second-order valence-corrected chi connectivity index (χ2v) is 3.91. The van der Waals surface area contributed by atoms with Crippen LogP contribution in [0.1, 0.15) is 18.7 Å². The number of aryl methyl sites for hydroxylation is 1. The Balaban J connectivity index is 2.25. The smallest absolute Gasteiger partial charge is 0.317 e. The summed E-state index contributed by atoms with van der Waals surface area (Å²) in [6.45, 7) is 0.650. The summed E-state index contributed by atoms with van der Waals surface area (Å²) in [7, 11) is 3.36. The molecule has 0 spiro atoms. The topological polar surface area (TPSA) is 100 Å². The van der Waals surface area contributed by atoms with Gasteiger partial charge in [0, 0.05) is 27.1 Å². The van der Waals surface area contributed by atoms with Gasteiger partial charge < -0.3 is 15.3 Å². The molecule has 0 aliphatic carbocycles. The summed E-state index contributed by atoms with van der Waals surface area (Å²) >= 11 is 0. The largest absolute Gasteiger partial charge is 0.481 e. The van der Waals surface area contributed by atoms with Crippen molar-refractivity contribution in [1.29, 1.82) is 0 Å². The summed E-state index contributed by atoms with van der Waals surface area (Å²) in [5.41, 5.74) is 0. The van der Waals surface area contributed by atoms with Gasteiger partial charge in [0.15, 0.2) is 5.82 Å². The third-order valence-corrected chi connectivity index (χ3v) is 2.28. The molecular weight excluding hydrogens is 238 g/mol. The van der Waals surface area contributed by atoms with Crippen LogP contribution in [0.25, 0.3) is 0 Å². The average Bonchev–Trinajstić information content (AvgIpc) is 2.71. The van der Waals surface area contributed by atoms with Gasteiger partial charge in [-0.05, 0) is 6.42 Å². The molecule has 18 heavy (non-hydrogen) atoms. The maximum Gasteiger partial charge on any atom is 0.317 e. The van der Waals surface area contributed by atoms with Crippen LogP contribution in [0, 0.1) is 0 Å². The van der Waals surface area contributed by atoms with Crippen molar-refractivity contribution in [3.8, 4) is 0 Å². The molecule has 1 aromatic heterocycles. The lowest BCUT2D eigenvalue weighted by Gasteiger charge is -2.16. The lowest BCUT2D eigenvalue weighted by Crippen LogP contribution is -2.37. The molecule has 100 valence electrons. The molecule has 0 aliphatic rings. The Kier molecular flexibility index (Phi) is 5.09. The Bertz CT molecular complexity index is 417. The Labute approximate surface area is 105 Å². The SMILES string of the molecule is CN(CCCC(=O)O)C(=O)NCc1ncn(C)n1. The number of nitrogens with one attached hydrogen (secondary N) is 1. The quantitative estimate of drug-likeness (QED) is 0.734. The first-order chi connectivity index (χ1) is 8.49. The van der Waals surface area contributed by atoms with Gasteiger partial charge in [-0.2, -0.15) is 5.10 Å². The van der Waals surface area contributed by atoms with Crippen molar-refractivity contribution in [2.24, 2.45) is 7.05 Å². The fraction of sp³-hybridized carbons (Fsp3) is 0.600. The van der Waals surface area contributed by atoms with Gasteiger partial charge in [-0.15, -0.1) is 0 Å². The maximum absolute atomic E-state index is 11.6. The first-order valence-electron chi connectivity index (χ1n) is 5.54. The van der Waals surface area contributed by atoms with Crippen molar-refractivity contribution in [2.75, 3.05) is 13.6 Å². The lowest BCUT2D eigenvalue weighted by molar-refractivity contribution is -0.137. The predicted octanol–water partition coefficient (Wildman–Crippen LogP) is -0.179. The number of nitrogens with zero attached hydrogens (tertiary/aromatic N) is 4. The summed E-state index contributed by atoms with van der Waals surface area (Å²) in [5, 5.41) is 15.2. The number of rotatable bonds is 6. The van der Waals surface area contributed by atoms with Crippen LogP contribution >= 0.6 is 0 Å². The zero-order valence-corrected chi connectivity index (χ0v) is 10.5. The fourth-order valence-electron chi connectivity index (χ4n) is 1.32. The highest BCUT2D eigenvalue weighted by molar-refractivity contribution is 5.73. The molecule has 8 heteroatoms. The number of hydrogen-bond acceptors (Lipinski definition) is 4. The minimum atomic E-state index is -0.860. The summed E-state index contributed by atoms with van der Waals surface area (Å²) in [6, 6.07) is -0.271. The number of urea groups is 1. The van der Waals surface area contributed by atoms with E-state index in [1.54, 1.807) is 25.1 Å². The van der Waals surface area contributed by atoms with Crippen LogP contribution in [0.2, 0.25) is 0 Å². The number of carbonyl (C=O) groups excluding carboxylic acids is 1. The number of carboxylic acids is 1. The second kappa shape index (κ2) is 6.58. The highest BCUT2D eigenvalue weighted by atomic mass is 16.4. The van der Waals surface area contributed by atoms with Gasteiger partial charge >= 0.3 is 12.0 Å². The van der Waals surface area contributed by atoms with Gasteiger partial charge in [-0.25, -0.2) is 9.78 Å². The molecule has 0 bridgehead atoms. The van der Waals surface area contributed by atoms with Crippen molar-refractivity contribution in [2.45, 2.75) is 19.4 Å². The molecule has 1 heterocycles. The van der Waals surface area contributed by atoms with E-state index in [-0.39, 0.29) is 19.0 Å². The molecule has 2 N–H and O–H groups in total. The Morgan fingerprint density at radius 1 is 1.56 bits per heavy atom. The molecule has 0 fully saturated rings. The third-order valence-electron chi connectivity index (χ3n) is 2.28. The zero-order chi connectivity index (χ0) is 13.5. The van der Waals surface area contributed by atoms with Crippen LogP contribution in [0.3, 0.4) is 0 Å². The van der Waals surface area contributed by atoms with Crippen LogP contribution in [0.15, 0.2) is 6.33 Å². The molecule has 0 radical (unpaired) electrons. The van der Waals surface area contributed by atoms with Crippen molar-refractivity contribution in [3.63, 3.8) is 0 Å². The van der Waals surface area contributed by atoms with Gasteiger partial charge in [0.05, 0.1) is 6.54 Å². The lowest BCUT2D eigenvalue weighted by atomic mass is 10.3. The highest BCUT2D eigenvalue weighted by Gasteiger charge is 2.09. The molecule has 1 rings (SSSR count). The van der Waals surface area contributed by atoms with Crippen LogP contribution in [-0.4, -0.2) is 50.4 Å². The van der Waals surface area contributed by atoms with Gasteiger partial charge in [0.2, 0.25) is 0 Å². The summed E-state index contributed by atoms with van der Waals surface area (Å²) in [6.07, 6.45) is 2.04. The highest BCUT2D eigenvalue weighted by Crippen LogP contribution is 1.94. The van der Waals surface area contributed by atoms with E-state index in [0.717, 1.165) is 0 Å². The molecule has 0 aromatic carbocycles. The normalized spacial score (nSPS) is 10.1. The van der Waals surface area contributed by atoms with E-state index in [4.69, 9.17) is 5.11 Å². The molecule has 1 aromatic rings. The Morgan fingerprint density at radius 2 is 2.28 bits per heavy atom. The number of carbonyl (C=O) groups is 2. The summed E-state index contributed by atoms with van der Waals surface area (Å²) < 4.78 is 1.55. The monoisotopic (exact) mass is 255 g/mol. The van der Waals surface area contributed by atoms with Gasteiger partial charge in [0.25, 0.3) is 0 Å².